The lowest BCUT2D eigenvalue weighted by Crippen LogP contribution is -1.81. The summed E-state index contributed by atoms with van der Waals surface area (Å²) in [7, 11) is 1.65. The average molecular weight is 228 g/mol. The van der Waals surface area contributed by atoms with Crippen LogP contribution in [0, 0.1) is 0 Å². The van der Waals surface area contributed by atoms with E-state index in [2.05, 4.69) is 0 Å². The predicted molar refractivity (Wildman–Crippen MR) is 71.0 cm³/mol. The molecule has 0 saturated carbocycles. The molecular formula is C15H16O2. The number of ketones is 1. The van der Waals surface area contributed by atoms with Crippen LogP contribution in [-0.4, -0.2) is 12.9 Å². The quantitative estimate of drug-likeness (QED) is 0.570. The van der Waals surface area contributed by atoms with Crippen molar-refractivity contribution >= 4 is 11.9 Å². The van der Waals surface area contributed by atoms with Crippen LogP contribution >= 0.6 is 0 Å². The number of benzene rings is 1. The van der Waals surface area contributed by atoms with E-state index in [-0.39, 0.29) is 5.78 Å². The Kier molecular flexibility index (Phi) is 5.52. The summed E-state index contributed by atoms with van der Waals surface area (Å²) in [6, 6.07) is 7.79. The third-order valence-electron chi connectivity index (χ3n) is 2.07. The second-order valence-electron chi connectivity index (χ2n) is 3.49. The van der Waals surface area contributed by atoms with Crippen molar-refractivity contribution in [3.63, 3.8) is 0 Å². The molecule has 0 aromatic heterocycles. The van der Waals surface area contributed by atoms with Crippen molar-refractivity contribution in [3.05, 3.63) is 60.2 Å². The van der Waals surface area contributed by atoms with Crippen molar-refractivity contribution in [1.82, 2.24) is 0 Å². The van der Waals surface area contributed by atoms with E-state index in [1.807, 2.05) is 48.6 Å². The Bertz CT molecular complexity index is 436. The fourth-order valence-corrected chi connectivity index (χ4v) is 1.20. The number of methoxy groups -OCH3 is 1. The maximum absolute atomic E-state index is 10.6. The van der Waals surface area contributed by atoms with Gasteiger partial charge in [0.25, 0.3) is 0 Å². The summed E-state index contributed by atoms with van der Waals surface area (Å²) in [6.07, 6.45) is 10.9. The second-order valence-corrected chi connectivity index (χ2v) is 3.49. The third-order valence-corrected chi connectivity index (χ3v) is 2.07. The SMILES string of the molecule is COc1ccc(C=CC=CC=CC(C)=O)cc1. The molecule has 0 fully saturated rings. The van der Waals surface area contributed by atoms with Gasteiger partial charge in [0.15, 0.2) is 5.78 Å². The van der Waals surface area contributed by atoms with Gasteiger partial charge in [-0.05, 0) is 30.7 Å². The first-order valence-corrected chi connectivity index (χ1v) is 5.38. The van der Waals surface area contributed by atoms with Crippen LogP contribution in [-0.2, 0) is 4.79 Å². The molecule has 1 rings (SSSR count). The van der Waals surface area contributed by atoms with E-state index in [1.165, 1.54) is 13.0 Å². The summed E-state index contributed by atoms with van der Waals surface area (Å²) >= 11 is 0. The molecule has 1 aromatic rings. The fraction of sp³-hybridized carbons (Fsp3) is 0.133. The highest BCUT2D eigenvalue weighted by molar-refractivity contribution is 5.87. The van der Waals surface area contributed by atoms with Crippen molar-refractivity contribution in [1.29, 1.82) is 0 Å². The zero-order valence-corrected chi connectivity index (χ0v) is 10.1. The van der Waals surface area contributed by atoms with Gasteiger partial charge < -0.3 is 4.74 Å². The zero-order valence-electron chi connectivity index (χ0n) is 10.1. The van der Waals surface area contributed by atoms with Crippen molar-refractivity contribution in [2.45, 2.75) is 6.92 Å². The van der Waals surface area contributed by atoms with Gasteiger partial charge in [-0.2, -0.15) is 0 Å². The van der Waals surface area contributed by atoms with E-state index >= 15 is 0 Å². The van der Waals surface area contributed by atoms with Crippen LogP contribution < -0.4 is 4.74 Å². The first kappa shape index (κ1) is 13.0. The lowest BCUT2D eigenvalue weighted by molar-refractivity contribution is -0.112. The molecule has 17 heavy (non-hydrogen) atoms. The Morgan fingerprint density at radius 3 is 2.29 bits per heavy atom. The summed E-state index contributed by atoms with van der Waals surface area (Å²) < 4.78 is 5.07. The van der Waals surface area contributed by atoms with Crippen LogP contribution in [0.1, 0.15) is 12.5 Å². The first-order chi connectivity index (χ1) is 8.22. The van der Waals surface area contributed by atoms with E-state index in [0.29, 0.717) is 0 Å². The van der Waals surface area contributed by atoms with E-state index in [4.69, 9.17) is 4.74 Å². The number of hydrogen-bond donors (Lipinski definition) is 0. The summed E-state index contributed by atoms with van der Waals surface area (Å²) in [5.41, 5.74) is 1.10. The van der Waals surface area contributed by atoms with E-state index in [0.717, 1.165) is 11.3 Å². The second kappa shape index (κ2) is 7.23. The maximum atomic E-state index is 10.6. The molecule has 0 aliphatic heterocycles. The molecule has 0 saturated heterocycles. The van der Waals surface area contributed by atoms with Gasteiger partial charge in [-0.25, -0.2) is 0 Å². The molecule has 0 amide bonds. The summed E-state index contributed by atoms with van der Waals surface area (Å²) in [6.45, 7) is 1.53. The first-order valence-electron chi connectivity index (χ1n) is 5.38. The molecule has 88 valence electrons. The number of rotatable bonds is 5. The minimum Gasteiger partial charge on any atom is -0.497 e. The number of ether oxygens (including phenoxy) is 1. The van der Waals surface area contributed by atoms with Crippen molar-refractivity contribution in [3.8, 4) is 5.75 Å². The molecule has 0 heterocycles. The minimum atomic E-state index is 0.0498. The highest BCUT2D eigenvalue weighted by Gasteiger charge is 1.88. The van der Waals surface area contributed by atoms with Gasteiger partial charge in [-0.1, -0.05) is 42.5 Å². The normalized spacial score (nSPS) is 11.6. The van der Waals surface area contributed by atoms with Crippen molar-refractivity contribution in [2.75, 3.05) is 7.11 Å². The minimum absolute atomic E-state index is 0.0498. The fourth-order valence-electron chi connectivity index (χ4n) is 1.20. The van der Waals surface area contributed by atoms with E-state index in [1.54, 1.807) is 13.2 Å². The topological polar surface area (TPSA) is 26.3 Å². The number of hydrogen-bond acceptors (Lipinski definition) is 2. The molecule has 0 atom stereocenters. The zero-order chi connectivity index (χ0) is 12.5. The average Bonchev–Trinajstić information content (AvgIpc) is 2.34. The van der Waals surface area contributed by atoms with E-state index in [9.17, 15) is 4.79 Å². The van der Waals surface area contributed by atoms with Gasteiger partial charge in [-0.15, -0.1) is 0 Å². The Labute approximate surface area is 102 Å². The van der Waals surface area contributed by atoms with Crippen LogP contribution in [0.4, 0.5) is 0 Å². The van der Waals surface area contributed by atoms with Crippen molar-refractivity contribution in [2.24, 2.45) is 0 Å². The van der Waals surface area contributed by atoms with Gasteiger partial charge in [0, 0.05) is 0 Å². The Balaban J connectivity index is 2.50. The Hall–Kier alpha value is -2.09. The molecule has 1 aromatic carbocycles. The number of allylic oxidation sites excluding steroid dienone is 5. The number of carbonyl (C=O) groups is 1. The summed E-state index contributed by atoms with van der Waals surface area (Å²) in [5.74, 6) is 0.899. The molecule has 2 heteroatoms. The lowest BCUT2D eigenvalue weighted by Gasteiger charge is -1.98. The molecule has 0 aliphatic rings. The largest absolute Gasteiger partial charge is 0.497 e. The van der Waals surface area contributed by atoms with Crippen LogP contribution in [0.3, 0.4) is 0 Å². The molecule has 0 spiro atoms. The molecule has 0 aliphatic carbocycles. The summed E-state index contributed by atoms with van der Waals surface area (Å²) in [5, 5.41) is 0. The third kappa shape index (κ3) is 5.52. The standard InChI is InChI=1S/C15H16O2/c1-13(16)7-5-3-4-6-8-14-9-11-15(17-2)12-10-14/h3-12H,1-2H3. The highest BCUT2D eigenvalue weighted by Crippen LogP contribution is 2.12. The molecule has 2 nitrogen and oxygen atoms in total. The van der Waals surface area contributed by atoms with Crippen LogP contribution in [0.2, 0.25) is 0 Å². The Morgan fingerprint density at radius 2 is 1.71 bits per heavy atom. The smallest absolute Gasteiger partial charge is 0.152 e. The van der Waals surface area contributed by atoms with Gasteiger partial charge in [-0.3, -0.25) is 4.79 Å². The molecule has 0 unspecified atom stereocenters. The van der Waals surface area contributed by atoms with Gasteiger partial charge >= 0.3 is 0 Å². The van der Waals surface area contributed by atoms with Gasteiger partial charge in [0.2, 0.25) is 0 Å². The highest BCUT2D eigenvalue weighted by atomic mass is 16.5. The van der Waals surface area contributed by atoms with Crippen LogP contribution in [0.5, 0.6) is 5.75 Å². The monoisotopic (exact) mass is 228 g/mol. The molecule has 0 N–H and O–H groups in total. The van der Waals surface area contributed by atoms with Gasteiger partial charge in [0.1, 0.15) is 5.75 Å². The lowest BCUT2D eigenvalue weighted by atomic mass is 10.2. The Morgan fingerprint density at radius 1 is 1.06 bits per heavy atom. The molecular weight excluding hydrogens is 212 g/mol. The van der Waals surface area contributed by atoms with E-state index < -0.39 is 0 Å². The van der Waals surface area contributed by atoms with Gasteiger partial charge in [0.05, 0.1) is 7.11 Å². The maximum Gasteiger partial charge on any atom is 0.152 e. The summed E-state index contributed by atoms with van der Waals surface area (Å²) in [4.78, 5) is 10.6. The van der Waals surface area contributed by atoms with Crippen LogP contribution in [0.15, 0.2) is 54.6 Å². The molecule has 0 bridgehead atoms. The van der Waals surface area contributed by atoms with Crippen molar-refractivity contribution < 1.29 is 9.53 Å². The molecule has 0 radical (unpaired) electrons. The predicted octanol–water partition coefficient (Wildman–Crippen LogP) is 3.41. The number of carbonyl (C=O) groups excluding carboxylic acids is 1. The van der Waals surface area contributed by atoms with Crippen LogP contribution in [0.25, 0.3) is 6.08 Å².